The molecule has 3 rings (SSSR count). The van der Waals surface area contributed by atoms with Gasteiger partial charge in [-0.3, -0.25) is 4.79 Å². The summed E-state index contributed by atoms with van der Waals surface area (Å²) in [6, 6.07) is 13.0. The van der Waals surface area contributed by atoms with Crippen LogP contribution >= 0.6 is 23.4 Å². The van der Waals surface area contributed by atoms with Crippen molar-refractivity contribution < 1.29 is 34.7 Å². The van der Waals surface area contributed by atoms with E-state index in [1.807, 2.05) is 30.3 Å². The second-order valence-electron chi connectivity index (χ2n) is 9.85. The predicted octanol–water partition coefficient (Wildman–Crippen LogP) is 2.61. The second-order valence-corrected chi connectivity index (χ2v) is 11.3. The van der Waals surface area contributed by atoms with Crippen LogP contribution in [0.2, 0.25) is 5.02 Å². The zero-order chi connectivity index (χ0) is 27.2. The smallest absolute Gasteiger partial charge is 0.220 e. The van der Waals surface area contributed by atoms with E-state index in [1.165, 1.54) is 11.8 Å². The number of benzene rings is 2. The lowest BCUT2D eigenvalue weighted by Crippen LogP contribution is -2.57. The minimum absolute atomic E-state index is 0.0934. The molecular weight excluding hydrogens is 518 g/mol. The Kier molecular flexibility index (Phi) is 10.3. The van der Waals surface area contributed by atoms with Gasteiger partial charge >= 0.3 is 0 Å². The van der Waals surface area contributed by atoms with Gasteiger partial charge < -0.3 is 35.2 Å². The minimum atomic E-state index is -1.32. The highest BCUT2D eigenvalue weighted by molar-refractivity contribution is 7.99. The molecule has 5 N–H and O–H groups in total. The molecule has 204 valence electrons. The molecule has 0 aliphatic carbocycles. The number of carbonyl (C=O) groups excluding carboxylic acids is 1. The summed E-state index contributed by atoms with van der Waals surface area (Å²) in [4.78, 5) is 10.7. The average Bonchev–Trinajstić information content (AvgIpc) is 2.88. The Morgan fingerprint density at radius 3 is 2.57 bits per heavy atom. The lowest BCUT2D eigenvalue weighted by Gasteiger charge is -2.44. The third kappa shape index (κ3) is 7.38. The molecule has 2 aromatic carbocycles. The number of hydrogen-bond donors (Lipinski definition) is 5. The van der Waals surface area contributed by atoms with Gasteiger partial charge in [-0.05, 0) is 67.8 Å². The van der Waals surface area contributed by atoms with Gasteiger partial charge in [0, 0.05) is 11.4 Å². The number of aliphatic hydroxyl groups excluding tert-OH is 4. The maximum absolute atomic E-state index is 12.0. The van der Waals surface area contributed by atoms with E-state index in [1.54, 1.807) is 32.2 Å². The highest BCUT2D eigenvalue weighted by Gasteiger charge is 2.50. The molecule has 1 aliphatic rings. The van der Waals surface area contributed by atoms with Gasteiger partial charge in [-0.2, -0.15) is 0 Å². The second kappa shape index (κ2) is 12.8. The first kappa shape index (κ1) is 29.7. The van der Waals surface area contributed by atoms with Gasteiger partial charge in [0.15, 0.2) is 4.93 Å². The zero-order valence-corrected chi connectivity index (χ0v) is 22.9. The van der Waals surface area contributed by atoms with E-state index in [9.17, 15) is 25.2 Å². The summed E-state index contributed by atoms with van der Waals surface area (Å²) in [6.07, 6.45) is -0.629. The first-order valence-electron chi connectivity index (χ1n) is 12.2. The van der Waals surface area contributed by atoms with Gasteiger partial charge in [-0.25, -0.2) is 0 Å². The third-order valence-corrected chi connectivity index (χ3v) is 7.91. The maximum atomic E-state index is 12.0. The molecule has 4 atom stereocenters. The SMILES string of the molecule is CS[C@]1(c2ccc(Cl)c(Cc3ccc(OCCCC(=O)NC(C)(C)CO)cc3)c2)OC[C@H](O)[C@@H](O)[C@H]1O. The summed E-state index contributed by atoms with van der Waals surface area (Å²) in [5.41, 5.74) is 1.84. The van der Waals surface area contributed by atoms with Crippen molar-refractivity contribution >= 4 is 29.3 Å². The Morgan fingerprint density at radius 1 is 1.22 bits per heavy atom. The summed E-state index contributed by atoms with van der Waals surface area (Å²) in [6.45, 7) is 3.69. The first-order valence-corrected chi connectivity index (χ1v) is 13.8. The molecule has 1 heterocycles. The van der Waals surface area contributed by atoms with Crippen LogP contribution in [0, 0.1) is 0 Å². The number of hydrogen-bond acceptors (Lipinski definition) is 8. The lowest BCUT2D eigenvalue weighted by molar-refractivity contribution is -0.204. The van der Waals surface area contributed by atoms with E-state index in [0.29, 0.717) is 42.2 Å². The lowest BCUT2D eigenvalue weighted by atomic mass is 9.92. The molecule has 37 heavy (non-hydrogen) atoms. The molecule has 0 spiro atoms. The standard InChI is InChI=1S/C27H36ClNO7S/c1-26(2,16-30)29-23(32)5-4-12-35-20-9-6-17(7-10-20)13-18-14-19(8-11-21(18)28)27(37-3)25(34)24(33)22(31)15-36-27/h6-11,14,22,24-25,30-31,33-34H,4-5,12-13,15-16H2,1-3H3,(H,29,32)/t22-,24+,25+,27-/m0/s1. The van der Waals surface area contributed by atoms with Crippen molar-refractivity contribution in [3.63, 3.8) is 0 Å². The average molecular weight is 554 g/mol. The monoisotopic (exact) mass is 553 g/mol. The Labute approximate surface area is 226 Å². The van der Waals surface area contributed by atoms with E-state index in [2.05, 4.69) is 5.32 Å². The van der Waals surface area contributed by atoms with Crippen molar-refractivity contribution in [3.8, 4) is 5.75 Å². The van der Waals surface area contributed by atoms with E-state index >= 15 is 0 Å². The highest BCUT2D eigenvalue weighted by atomic mass is 35.5. The first-order chi connectivity index (χ1) is 17.5. The number of carbonyl (C=O) groups is 1. The van der Waals surface area contributed by atoms with Crippen LogP contribution in [0.4, 0.5) is 0 Å². The summed E-state index contributed by atoms with van der Waals surface area (Å²) >= 11 is 7.74. The minimum Gasteiger partial charge on any atom is -0.494 e. The number of aliphatic hydroxyl groups is 4. The molecular formula is C27H36ClNO7S. The van der Waals surface area contributed by atoms with Crippen molar-refractivity contribution in [2.75, 3.05) is 26.1 Å². The van der Waals surface area contributed by atoms with E-state index in [4.69, 9.17) is 21.1 Å². The molecule has 1 amide bonds. The summed E-state index contributed by atoms with van der Waals surface area (Å²) in [5, 5.41) is 43.5. The fourth-order valence-corrected chi connectivity index (χ4v) is 5.25. The quantitative estimate of drug-likeness (QED) is 0.269. The molecule has 0 saturated carbocycles. The molecule has 0 bridgehead atoms. The maximum Gasteiger partial charge on any atom is 0.220 e. The van der Waals surface area contributed by atoms with Crippen molar-refractivity contribution in [3.05, 3.63) is 64.2 Å². The molecule has 8 nitrogen and oxygen atoms in total. The van der Waals surface area contributed by atoms with Crippen LogP contribution in [0.15, 0.2) is 42.5 Å². The van der Waals surface area contributed by atoms with E-state index < -0.39 is 28.8 Å². The third-order valence-electron chi connectivity index (χ3n) is 6.33. The number of thioether (sulfide) groups is 1. The summed E-state index contributed by atoms with van der Waals surface area (Å²) < 4.78 is 11.6. The number of amides is 1. The van der Waals surface area contributed by atoms with E-state index in [-0.39, 0.29) is 19.1 Å². The number of ether oxygens (including phenoxy) is 2. The largest absolute Gasteiger partial charge is 0.494 e. The molecule has 0 unspecified atom stereocenters. The topological polar surface area (TPSA) is 128 Å². The van der Waals surface area contributed by atoms with Crippen LogP contribution in [-0.4, -0.2) is 76.3 Å². The molecule has 10 heteroatoms. The van der Waals surface area contributed by atoms with Crippen LogP contribution < -0.4 is 10.1 Å². The summed E-state index contributed by atoms with van der Waals surface area (Å²) in [5.74, 6) is 0.560. The molecule has 0 radical (unpaired) electrons. The molecule has 2 aromatic rings. The van der Waals surface area contributed by atoms with Gasteiger partial charge in [0.25, 0.3) is 0 Å². The van der Waals surface area contributed by atoms with Crippen molar-refractivity contribution in [2.45, 2.75) is 61.9 Å². The van der Waals surface area contributed by atoms with E-state index in [0.717, 1.165) is 11.1 Å². The molecule has 1 saturated heterocycles. The van der Waals surface area contributed by atoms with Crippen molar-refractivity contribution in [2.24, 2.45) is 0 Å². The van der Waals surface area contributed by atoms with Crippen LogP contribution in [0.25, 0.3) is 0 Å². The Morgan fingerprint density at radius 2 is 1.92 bits per heavy atom. The van der Waals surface area contributed by atoms with Gasteiger partial charge in [0.1, 0.15) is 24.1 Å². The molecule has 0 aromatic heterocycles. The Balaban J connectivity index is 1.60. The fourth-order valence-electron chi connectivity index (χ4n) is 4.13. The number of halogens is 1. The van der Waals surface area contributed by atoms with Crippen molar-refractivity contribution in [1.82, 2.24) is 5.32 Å². The number of nitrogens with one attached hydrogen (secondary N) is 1. The van der Waals surface area contributed by atoms with Gasteiger partial charge in [-0.15, -0.1) is 11.8 Å². The van der Waals surface area contributed by atoms with Gasteiger partial charge in [0.05, 0.1) is 25.4 Å². The van der Waals surface area contributed by atoms with Crippen LogP contribution in [0.5, 0.6) is 5.75 Å². The van der Waals surface area contributed by atoms with Gasteiger partial charge in [-0.1, -0.05) is 35.9 Å². The van der Waals surface area contributed by atoms with Crippen LogP contribution in [-0.2, 0) is 20.9 Å². The predicted molar refractivity (Wildman–Crippen MR) is 144 cm³/mol. The Hall–Kier alpha value is -1.85. The van der Waals surface area contributed by atoms with Crippen molar-refractivity contribution in [1.29, 1.82) is 0 Å². The van der Waals surface area contributed by atoms with Gasteiger partial charge in [0.2, 0.25) is 5.91 Å². The Bertz CT molecular complexity index is 1050. The number of rotatable bonds is 11. The molecule has 1 aliphatic heterocycles. The zero-order valence-electron chi connectivity index (χ0n) is 21.3. The van der Waals surface area contributed by atoms with Crippen LogP contribution in [0.1, 0.15) is 43.4 Å². The summed E-state index contributed by atoms with van der Waals surface area (Å²) in [7, 11) is 0. The fraction of sp³-hybridized carbons (Fsp3) is 0.519. The van der Waals surface area contributed by atoms with Crippen LogP contribution in [0.3, 0.4) is 0 Å². The normalized spacial score (nSPS) is 24.1. The highest BCUT2D eigenvalue weighted by Crippen LogP contribution is 2.44. The molecule has 1 fully saturated rings.